The molecule has 6 heteroatoms. The van der Waals surface area contributed by atoms with E-state index in [9.17, 15) is 9.59 Å². The molecule has 0 saturated carbocycles. The highest BCUT2D eigenvalue weighted by Gasteiger charge is 2.14. The van der Waals surface area contributed by atoms with E-state index in [1.54, 1.807) is 30.0 Å². The van der Waals surface area contributed by atoms with E-state index in [0.29, 0.717) is 12.1 Å². The third-order valence-corrected chi connectivity index (χ3v) is 6.37. The second-order valence-electron chi connectivity index (χ2n) is 7.19. The number of carbonyl (C=O) groups is 2. The molecule has 4 nitrogen and oxygen atoms in total. The number of carbonyl (C=O) groups excluding carboxylic acids is 2. The fourth-order valence-corrected chi connectivity index (χ4v) is 4.36. The minimum absolute atomic E-state index is 0.247. The van der Waals surface area contributed by atoms with Crippen molar-refractivity contribution in [2.24, 2.45) is 0 Å². The second kappa shape index (κ2) is 11.5. The zero-order valence-corrected chi connectivity index (χ0v) is 19.3. The molecule has 0 atom stereocenters. The number of rotatable bonds is 9. The third kappa shape index (κ3) is 7.42. The largest absolute Gasteiger partial charge is 0.350 e. The number of thiophene rings is 1. The van der Waals surface area contributed by atoms with Gasteiger partial charge in [0.2, 0.25) is 0 Å². The average Bonchev–Trinajstić information content (AvgIpc) is 3.26. The van der Waals surface area contributed by atoms with Crippen LogP contribution in [0.5, 0.6) is 0 Å². The summed E-state index contributed by atoms with van der Waals surface area (Å²) in [5.41, 5.74) is 4.37. The van der Waals surface area contributed by atoms with Gasteiger partial charge in [-0.25, -0.2) is 0 Å². The molecule has 31 heavy (non-hydrogen) atoms. The summed E-state index contributed by atoms with van der Waals surface area (Å²) in [7, 11) is 0. The predicted octanol–water partition coefficient (Wildman–Crippen LogP) is 5.19. The van der Waals surface area contributed by atoms with E-state index in [1.807, 2.05) is 36.6 Å². The number of thioether (sulfide) groups is 1. The van der Waals surface area contributed by atoms with Gasteiger partial charge >= 0.3 is 0 Å². The minimum atomic E-state index is -0.299. The molecule has 1 heterocycles. The first-order chi connectivity index (χ1) is 15.0. The summed E-state index contributed by atoms with van der Waals surface area (Å²) in [5, 5.41) is 7.63. The van der Waals surface area contributed by atoms with Gasteiger partial charge in [-0.3, -0.25) is 9.59 Å². The Morgan fingerprint density at radius 1 is 1.00 bits per heavy atom. The maximum Gasteiger partial charge on any atom is 0.267 e. The van der Waals surface area contributed by atoms with Gasteiger partial charge in [0, 0.05) is 28.5 Å². The molecule has 0 saturated heterocycles. The van der Waals surface area contributed by atoms with Crippen LogP contribution >= 0.6 is 23.1 Å². The Labute approximate surface area is 191 Å². The van der Waals surface area contributed by atoms with Crippen molar-refractivity contribution in [1.82, 2.24) is 10.6 Å². The monoisotopic (exact) mass is 450 g/mol. The van der Waals surface area contributed by atoms with Gasteiger partial charge in [-0.15, -0.1) is 11.3 Å². The molecule has 0 aliphatic rings. The van der Waals surface area contributed by atoms with Gasteiger partial charge in [-0.1, -0.05) is 53.6 Å². The summed E-state index contributed by atoms with van der Waals surface area (Å²) in [6.07, 6.45) is 1.71. The first-order valence-corrected chi connectivity index (χ1v) is 12.1. The van der Waals surface area contributed by atoms with Crippen LogP contribution in [0.15, 0.2) is 71.7 Å². The van der Waals surface area contributed by atoms with Crippen LogP contribution in [0.2, 0.25) is 0 Å². The van der Waals surface area contributed by atoms with E-state index in [4.69, 9.17) is 0 Å². The van der Waals surface area contributed by atoms with Crippen LogP contribution in [-0.2, 0) is 10.5 Å². The molecule has 0 aliphatic carbocycles. The van der Waals surface area contributed by atoms with Crippen molar-refractivity contribution in [3.8, 4) is 0 Å². The molecule has 3 aromatic rings. The summed E-state index contributed by atoms with van der Waals surface area (Å²) < 4.78 is 0. The van der Waals surface area contributed by atoms with Gasteiger partial charge < -0.3 is 10.6 Å². The van der Waals surface area contributed by atoms with E-state index in [0.717, 1.165) is 21.9 Å². The highest BCUT2D eigenvalue weighted by molar-refractivity contribution is 7.98. The number of benzene rings is 2. The molecule has 1 aromatic heterocycles. The Bertz CT molecular complexity index is 1040. The molecule has 0 aliphatic heterocycles. The van der Waals surface area contributed by atoms with Crippen LogP contribution in [0.3, 0.4) is 0 Å². The van der Waals surface area contributed by atoms with Crippen LogP contribution in [0, 0.1) is 13.8 Å². The second-order valence-corrected chi connectivity index (χ2v) is 9.28. The first kappa shape index (κ1) is 22.8. The molecule has 2 aromatic carbocycles. The molecule has 160 valence electrons. The number of nitrogens with one attached hydrogen (secondary N) is 2. The Kier molecular flexibility index (Phi) is 8.50. The van der Waals surface area contributed by atoms with Gasteiger partial charge in [-0.2, -0.15) is 11.8 Å². The lowest BCUT2D eigenvalue weighted by molar-refractivity contribution is -0.117. The van der Waals surface area contributed by atoms with Crippen molar-refractivity contribution in [1.29, 1.82) is 0 Å². The van der Waals surface area contributed by atoms with Gasteiger partial charge in [0.15, 0.2) is 0 Å². The molecule has 2 N–H and O–H groups in total. The normalized spacial score (nSPS) is 11.2. The molecule has 0 radical (unpaired) electrons. The van der Waals surface area contributed by atoms with Crippen molar-refractivity contribution >= 4 is 41.0 Å². The SMILES string of the molecule is Cc1ccc(C(=O)N/C(=C\c2cccs2)C(=O)NCCSCc2cccc(C)c2)cc1. The smallest absolute Gasteiger partial charge is 0.267 e. The van der Waals surface area contributed by atoms with Crippen LogP contribution in [0.25, 0.3) is 6.08 Å². The van der Waals surface area contributed by atoms with E-state index in [1.165, 1.54) is 22.5 Å². The lowest BCUT2D eigenvalue weighted by Gasteiger charge is -2.11. The molecule has 3 rings (SSSR count). The topological polar surface area (TPSA) is 58.2 Å². The maximum absolute atomic E-state index is 12.8. The van der Waals surface area contributed by atoms with Crippen LogP contribution in [0.4, 0.5) is 0 Å². The van der Waals surface area contributed by atoms with Gasteiger partial charge in [0.1, 0.15) is 5.70 Å². The predicted molar refractivity (Wildman–Crippen MR) is 131 cm³/mol. The summed E-state index contributed by atoms with van der Waals surface area (Å²) in [5.74, 6) is 1.11. The van der Waals surface area contributed by atoms with E-state index >= 15 is 0 Å². The summed E-state index contributed by atoms with van der Waals surface area (Å²) in [6, 6.07) is 19.5. The standard InChI is InChI=1S/C25H26N2O2S2/c1-18-8-10-21(11-9-18)24(28)27-23(16-22-7-4-13-31-22)25(29)26-12-14-30-17-20-6-3-5-19(2)15-20/h3-11,13,15-16H,12,14,17H2,1-2H3,(H,26,29)(H,27,28)/b23-16-. The van der Waals surface area contributed by atoms with E-state index in [-0.39, 0.29) is 17.5 Å². The van der Waals surface area contributed by atoms with Gasteiger partial charge in [0.25, 0.3) is 11.8 Å². The Hall–Kier alpha value is -2.83. The Balaban J connectivity index is 1.56. The Morgan fingerprint density at radius 2 is 1.81 bits per heavy atom. The molecule has 0 bridgehead atoms. The number of hydrogen-bond donors (Lipinski definition) is 2. The van der Waals surface area contributed by atoms with E-state index in [2.05, 4.69) is 41.8 Å². The molecular formula is C25H26N2O2S2. The van der Waals surface area contributed by atoms with Crippen molar-refractivity contribution in [3.05, 3.63) is 98.9 Å². The van der Waals surface area contributed by atoms with E-state index < -0.39 is 0 Å². The molecule has 2 amide bonds. The lowest BCUT2D eigenvalue weighted by Crippen LogP contribution is -2.35. The quantitative estimate of drug-likeness (QED) is 0.349. The molecule has 0 unspecified atom stereocenters. The maximum atomic E-state index is 12.8. The lowest BCUT2D eigenvalue weighted by atomic mass is 10.1. The minimum Gasteiger partial charge on any atom is -0.350 e. The summed E-state index contributed by atoms with van der Waals surface area (Å²) in [6.45, 7) is 4.58. The average molecular weight is 451 g/mol. The number of amides is 2. The van der Waals surface area contributed by atoms with Crippen LogP contribution in [-0.4, -0.2) is 24.1 Å². The van der Waals surface area contributed by atoms with Crippen LogP contribution in [0.1, 0.15) is 31.9 Å². The number of hydrogen-bond acceptors (Lipinski definition) is 4. The molecular weight excluding hydrogens is 424 g/mol. The highest BCUT2D eigenvalue weighted by Crippen LogP contribution is 2.15. The van der Waals surface area contributed by atoms with Gasteiger partial charge in [0.05, 0.1) is 0 Å². The fraction of sp³-hybridized carbons (Fsp3) is 0.200. The van der Waals surface area contributed by atoms with Crippen molar-refractivity contribution in [3.63, 3.8) is 0 Å². The summed E-state index contributed by atoms with van der Waals surface area (Å²) >= 11 is 3.28. The van der Waals surface area contributed by atoms with Crippen molar-refractivity contribution < 1.29 is 9.59 Å². The van der Waals surface area contributed by atoms with Gasteiger partial charge in [-0.05, 0) is 49.1 Å². The highest BCUT2D eigenvalue weighted by atomic mass is 32.2. The van der Waals surface area contributed by atoms with Crippen molar-refractivity contribution in [2.75, 3.05) is 12.3 Å². The number of aryl methyl sites for hydroxylation is 2. The third-order valence-electron chi connectivity index (χ3n) is 4.52. The molecule has 0 fully saturated rings. The fourth-order valence-electron chi connectivity index (χ4n) is 2.90. The Morgan fingerprint density at radius 3 is 2.52 bits per heavy atom. The zero-order chi connectivity index (χ0) is 22.1. The zero-order valence-electron chi connectivity index (χ0n) is 17.7. The summed E-state index contributed by atoms with van der Waals surface area (Å²) in [4.78, 5) is 26.3. The first-order valence-electron chi connectivity index (χ1n) is 10.1. The van der Waals surface area contributed by atoms with Crippen LogP contribution < -0.4 is 10.6 Å². The molecule has 0 spiro atoms. The van der Waals surface area contributed by atoms with Crippen molar-refractivity contribution in [2.45, 2.75) is 19.6 Å².